The third kappa shape index (κ3) is 2.93. The smallest absolute Gasteiger partial charge is 0.224 e. The summed E-state index contributed by atoms with van der Waals surface area (Å²) in [5, 5.41) is 10.8. The van der Waals surface area contributed by atoms with Crippen LogP contribution in [0.3, 0.4) is 0 Å². The Morgan fingerprint density at radius 3 is 2.95 bits per heavy atom. The number of nitrogens with one attached hydrogen (secondary N) is 2. The number of hydrogen-bond acceptors (Lipinski definition) is 3. The van der Waals surface area contributed by atoms with Gasteiger partial charge in [0.2, 0.25) is 5.91 Å². The summed E-state index contributed by atoms with van der Waals surface area (Å²) in [6.07, 6.45) is 2.76. The van der Waals surface area contributed by atoms with Gasteiger partial charge in [-0.1, -0.05) is 30.3 Å². The van der Waals surface area contributed by atoms with Crippen LogP contribution in [0.15, 0.2) is 48.7 Å². The second-order valence-corrected chi connectivity index (χ2v) is 5.00. The molecule has 0 radical (unpaired) electrons. The molecule has 2 N–H and O–H groups in total. The van der Waals surface area contributed by atoms with Crippen LogP contribution in [0.4, 0.5) is 5.69 Å². The molecule has 0 saturated carbocycles. The van der Waals surface area contributed by atoms with Gasteiger partial charge in [-0.2, -0.15) is 5.10 Å². The molecule has 1 amide bonds. The van der Waals surface area contributed by atoms with Crippen molar-refractivity contribution >= 4 is 22.5 Å². The fraction of sp³-hybridized carbons (Fsp3) is 0.176. The van der Waals surface area contributed by atoms with E-state index in [2.05, 4.69) is 15.5 Å². The Balaban J connectivity index is 1.67. The van der Waals surface area contributed by atoms with Crippen molar-refractivity contribution < 1.29 is 9.53 Å². The molecule has 1 heterocycles. The highest BCUT2D eigenvalue weighted by atomic mass is 16.5. The van der Waals surface area contributed by atoms with Crippen molar-refractivity contribution in [1.82, 2.24) is 10.2 Å². The Labute approximate surface area is 128 Å². The minimum atomic E-state index is -0.0343. The Hall–Kier alpha value is -2.82. The van der Waals surface area contributed by atoms with Crippen LogP contribution in [0.2, 0.25) is 0 Å². The summed E-state index contributed by atoms with van der Waals surface area (Å²) >= 11 is 0. The number of para-hydroxylation sites is 2. The number of carbonyl (C=O) groups is 1. The molecule has 0 aliphatic carbocycles. The number of methoxy groups -OCH3 is 1. The number of fused-ring (bicyclic) bond motifs is 1. The first-order valence-electron chi connectivity index (χ1n) is 7.12. The zero-order valence-corrected chi connectivity index (χ0v) is 12.3. The van der Waals surface area contributed by atoms with Crippen molar-refractivity contribution in [2.45, 2.75) is 12.8 Å². The zero-order valence-electron chi connectivity index (χ0n) is 12.3. The number of aromatic amines is 1. The van der Waals surface area contributed by atoms with Crippen molar-refractivity contribution in [1.29, 1.82) is 0 Å². The van der Waals surface area contributed by atoms with E-state index in [1.54, 1.807) is 13.3 Å². The first-order valence-corrected chi connectivity index (χ1v) is 7.12. The average molecular weight is 295 g/mol. The Bertz CT molecular complexity index is 795. The highest BCUT2D eigenvalue weighted by Gasteiger charge is 2.09. The van der Waals surface area contributed by atoms with E-state index in [4.69, 9.17) is 4.74 Å². The maximum atomic E-state index is 12.2. The van der Waals surface area contributed by atoms with Crippen molar-refractivity contribution in [3.63, 3.8) is 0 Å². The summed E-state index contributed by atoms with van der Waals surface area (Å²) in [6.45, 7) is 0. The molecule has 0 bridgehead atoms. The van der Waals surface area contributed by atoms with E-state index in [9.17, 15) is 4.79 Å². The first-order chi connectivity index (χ1) is 10.8. The molecule has 0 aliphatic heterocycles. The summed E-state index contributed by atoms with van der Waals surface area (Å²) < 4.78 is 5.30. The molecule has 0 spiro atoms. The van der Waals surface area contributed by atoms with Gasteiger partial charge in [0.05, 0.1) is 24.5 Å². The number of benzene rings is 2. The lowest BCUT2D eigenvalue weighted by atomic mass is 10.1. The van der Waals surface area contributed by atoms with Crippen LogP contribution < -0.4 is 10.1 Å². The van der Waals surface area contributed by atoms with E-state index in [1.807, 2.05) is 42.5 Å². The van der Waals surface area contributed by atoms with Crippen molar-refractivity contribution in [3.05, 3.63) is 54.2 Å². The number of aromatic nitrogens is 2. The number of hydrogen-bond donors (Lipinski definition) is 2. The quantitative estimate of drug-likeness (QED) is 0.760. The fourth-order valence-corrected chi connectivity index (χ4v) is 2.44. The first kappa shape index (κ1) is 14.1. The molecule has 3 rings (SSSR count). The molecule has 5 heteroatoms. The standard InChI is InChI=1S/C17H17N3O2/c1-22-15-8-3-2-5-12(15)9-10-16(21)19-14-7-4-6-13-11-18-20-17(13)14/h2-8,11H,9-10H2,1H3,(H,18,20)(H,19,21). The number of rotatable bonds is 5. The minimum absolute atomic E-state index is 0.0343. The zero-order chi connectivity index (χ0) is 15.4. The van der Waals surface area contributed by atoms with Gasteiger partial charge in [0.1, 0.15) is 5.75 Å². The molecule has 1 aromatic heterocycles. The van der Waals surface area contributed by atoms with Crippen LogP contribution in [-0.4, -0.2) is 23.2 Å². The third-order valence-electron chi connectivity index (χ3n) is 3.56. The van der Waals surface area contributed by atoms with Crippen LogP contribution in [-0.2, 0) is 11.2 Å². The number of nitrogens with zero attached hydrogens (tertiary/aromatic N) is 1. The van der Waals surface area contributed by atoms with Crippen LogP contribution in [0, 0.1) is 0 Å². The van der Waals surface area contributed by atoms with Crippen LogP contribution in [0.1, 0.15) is 12.0 Å². The Kier molecular flexibility index (Phi) is 4.05. The molecule has 112 valence electrons. The SMILES string of the molecule is COc1ccccc1CCC(=O)Nc1cccc2cn[nH]c12. The van der Waals surface area contributed by atoms with Gasteiger partial charge in [-0.25, -0.2) is 0 Å². The molecular formula is C17H17N3O2. The largest absolute Gasteiger partial charge is 0.496 e. The van der Waals surface area contributed by atoms with E-state index >= 15 is 0 Å². The lowest BCUT2D eigenvalue weighted by Gasteiger charge is -2.09. The molecule has 0 unspecified atom stereocenters. The molecule has 5 nitrogen and oxygen atoms in total. The number of ether oxygens (including phenoxy) is 1. The molecule has 0 saturated heterocycles. The van der Waals surface area contributed by atoms with Gasteiger partial charge in [-0.05, 0) is 24.1 Å². The number of anilines is 1. The summed E-state index contributed by atoms with van der Waals surface area (Å²) in [6, 6.07) is 13.4. The Morgan fingerprint density at radius 1 is 1.23 bits per heavy atom. The van der Waals surface area contributed by atoms with Gasteiger partial charge in [0.25, 0.3) is 0 Å². The van der Waals surface area contributed by atoms with E-state index in [-0.39, 0.29) is 5.91 Å². The van der Waals surface area contributed by atoms with Crippen molar-refractivity contribution in [2.24, 2.45) is 0 Å². The van der Waals surface area contributed by atoms with Crippen LogP contribution in [0.5, 0.6) is 5.75 Å². The second-order valence-electron chi connectivity index (χ2n) is 5.00. The van der Waals surface area contributed by atoms with Crippen LogP contribution >= 0.6 is 0 Å². The van der Waals surface area contributed by atoms with Crippen molar-refractivity contribution in [2.75, 3.05) is 12.4 Å². The van der Waals surface area contributed by atoms with Gasteiger partial charge < -0.3 is 10.1 Å². The Morgan fingerprint density at radius 2 is 2.09 bits per heavy atom. The summed E-state index contributed by atoms with van der Waals surface area (Å²) in [4.78, 5) is 12.2. The highest BCUT2D eigenvalue weighted by molar-refractivity contribution is 6.00. The molecule has 0 atom stereocenters. The molecular weight excluding hydrogens is 278 g/mol. The number of carbonyl (C=O) groups excluding carboxylic acids is 1. The molecule has 0 fully saturated rings. The monoisotopic (exact) mass is 295 g/mol. The van der Waals surface area contributed by atoms with Gasteiger partial charge >= 0.3 is 0 Å². The van der Waals surface area contributed by atoms with Gasteiger partial charge in [-0.3, -0.25) is 9.89 Å². The predicted octanol–water partition coefficient (Wildman–Crippen LogP) is 3.14. The number of aryl methyl sites for hydroxylation is 1. The van der Waals surface area contributed by atoms with E-state index < -0.39 is 0 Å². The summed E-state index contributed by atoms with van der Waals surface area (Å²) in [5.41, 5.74) is 2.62. The lowest BCUT2D eigenvalue weighted by molar-refractivity contribution is -0.116. The normalized spacial score (nSPS) is 10.6. The maximum Gasteiger partial charge on any atom is 0.224 e. The molecule has 0 aliphatic rings. The van der Waals surface area contributed by atoms with E-state index in [0.717, 1.165) is 27.9 Å². The van der Waals surface area contributed by atoms with E-state index in [0.29, 0.717) is 12.8 Å². The predicted molar refractivity (Wildman–Crippen MR) is 86.0 cm³/mol. The second kappa shape index (κ2) is 6.30. The van der Waals surface area contributed by atoms with E-state index in [1.165, 1.54) is 0 Å². The summed E-state index contributed by atoms with van der Waals surface area (Å²) in [7, 11) is 1.64. The number of H-pyrrole nitrogens is 1. The molecule has 2 aromatic carbocycles. The topological polar surface area (TPSA) is 67.0 Å². The minimum Gasteiger partial charge on any atom is -0.496 e. The van der Waals surface area contributed by atoms with Crippen LogP contribution in [0.25, 0.3) is 10.9 Å². The van der Waals surface area contributed by atoms with Gasteiger partial charge in [-0.15, -0.1) is 0 Å². The van der Waals surface area contributed by atoms with Gasteiger partial charge in [0, 0.05) is 11.8 Å². The molecule has 3 aromatic rings. The summed E-state index contributed by atoms with van der Waals surface area (Å²) in [5.74, 6) is 0.777. The number of amides is 1. The lowest BCUT2D eigenvalue weighted by Crippen LogP contribution is -2.12. The highest BCUT2D eigenvalue weighted by Crippen LogP contribution is 2.22. The maximum absolute atomic E-state index is 12.2. The molecule has 22 heavy (non-hydrogen) atoms. The van der Waals surface area contributed by atoms with Crippen molar-refractivity contribution in [3.8, 4) is 5.75 Å². The van der Waals surface area contributed by atoms with Gasteiger partial charge in [0.15, 0.2) is 0 Å². The fourth-order valence-electron chi connectivity index (χ4n) is 2.44. The third-order valence-corrected chi connectivity index (χ3v) is 3.56. The average Bonchev–Trinajstić information content (AvgIpc) is 3.03.